The lowest BCUT2D eigenvalue weighted by Gasteiger charge is -2.25. The smallest absolute Gasteiger partial charge is 0.229 e. The van der Waals surface area contributed by atoms with Crippen molar-refractivity contribution >= 4 is 23.2 Å². The number of hydrogen-bond donors (Lipinski definition) is 1. The van der Waals surface area contributed by atoms with Crippen LogP contribution >= 0.6 is 23.2 Å². The van der Waals surface area contributed by atoms with Gasteiger partial charge in [-0.2, -0.15) is 10.4 Å². The molecule has 1 aliphatic heterocycles. The van der Waals surface area contributed by atoms with E-state index in [4.69, 9.17) is 33.7 Å². The van der Waals surface area contributed by atoms with E-state index in [9.17, 15) is 5.26 Å². The molecule has 0 radical (unpaired) electrons. The van der Waals surface area contributed by atoms with Crippen molar-refractivity contribution in [2.24, 2.45) is 5.73 Å². The van der Waals surface area contributed by atoms with Crippen LogP contribution < -0.4 is 10.5 Å². The predicted molar refractivity (Wildman–Crippen MR) is 104 cm³/mol. The van der Waals surface area contributed by atoms with Crippen LogP contribution in [0.2, 0.25) is 10.0 Å². The fourth-order valence-electron chi connectivity index (χ4n) is 3.30. The number of para-hydroxylation sites is 1. The Hall–Kier alpha value is -2.94. The lowest BCUT2D eigenvalue weighted by Crippen LogP contribution is -2.22. The highest BCUT2D eigenvalue weighted by Crippen LogP contribution is 2.46. The van der Waals surface area contributed by atoms with Crippen molar-refractivity contribution in [1.82, 2.24) is 9.78 Å². The number of allylic oxidation sites excluding steroid dienone is 1. The van der Waals surface area contributed by atoms with Crippen LogP contribution in [0.15, 0.2) is 60.0 Å². The van der Waals surface area contributed by atoms with Crippen molar-refractivity contribution in [3.63, 3.8) is 0 Å². The molecular weight excluding hydrogens is 383 g/mol. The number of halogens is 2. The van der Waals surface area contributed by atoms with Crippen LogP contribution in [0, 0.1) is 18.3 Å². The van der Waals surface area contributed by atoms with Gasteiger partial charge >= 0.3 is 0 Å². The Morgan fingerprint density at radius 3 is 2.59 bits per heavy atom. The highest BCUT2D eigenvalue weighted by atomic mass is 35.5. The maximum absolute atomic E-state index is 9.71. The van der Waals surface area contributed by atoms with Crippen molar-refractivity contribution in [2.45, 2.75) is 12.8 Å². The van der Waals surface area contributed by atoms with Crippen molar-refractivity contribution in [3.8, 4) is 17.6 Å². The minimum absolute atomic E-state index is 0.0399. The number of benzene rings is 2. The number of nitriles is 1. The minimum Gasteiger partial charge on any atom is -0.422 e. The molecule has 1 aromatic heterocycles. The van der Waals surface area contributed by atoms with Crippen LogP contribution in [0.1, 0.15) is 22.7 Å². The number of fused-ring (bicyclic) bond motifs is 1. The molecule has 0 fully saturated rings. The van der Waals surface area contributed by atoms with Gasteiger partial charge in [-0.1, -0.05) is 47.5 Å². The predicted octanol–water partition coefficient (Wildman–Crippen LogP) is 4.71. The number of rotatable bonds is 2. The summed E-state index contributed by atoms with van der Waals surface area (Å²) in [6.07, 6.45) is 0. The monoisotopic (exact) mass is 396 g/mol. The molecule has 0 saturated heterocycles. The molecule has 0 aliphatic carbocycles. The molecule has 27 heavy (non-hydrogen) atoms. The molecule has 0 saturated carbocycles. The Kier molecular flexibility index (Phi) is 4.31. The van der Waals surface area contributed by atoms with Gasteiger partial charge in [-0.3, -0.25) is 0 Å². The second-order valence-corrected chi connectivity index (χ2v) is 6.99. The van der Waals surface area contributed by atoms with Gasteiger partial charge in [0.15, 0.2) is 0 Å². The van der Waals surface area contributed by atoms with E-state index in [-0.39, 0.29) is 5.88 Å². The number of aryl methyl sites for hydroxylation is 1. The first-order valence-corrected chi connectivity index (χ1v) is 8.94. The summed E-state index contributed by atoms with van der Waals surface area (Å²) in [4.78, 5) is 0. The van der Waals surface area contributed by atoms with E-state index in [0.717, 1.165) is 22.5 Å². The fourth-order valence-corrected chi connectivity index (χ4v) is 3.82. The first-order valence-electron chi connectivity index (χ1n) is 8.18. The van der Waals surface area contributed by atoms with Crippen LogP contribution in [0.25, 0.3) is 5.69 Å². The van der Waals surface area contributed by atoms with Crippen molar-refractivity contribution in [2.75, 3.05) is 0 Å². The minimum atomic E-state index is -0.485. The molecule has 0 unspecified atom stereocenters. The summed E-state index contributed by atoms with van der Waals surface area (Å²) in [6.45, 7) is 1.87. The third kappa shape index (κ3) is 2.84. The lowest BCUT2D eigenvalue weighted by molar-refractivity contribution is 0.367. The van der Waals surface area contributed by atoms with E-state index < -0.39 is 5.92 Å². The molecule has 0 spiro atoms. The second-order valence-electron chi connectivity index (χ2n) is 6.14. The topological polar surface area (TPSA) is 76.9 Å². The fraction of sp³-hybridized carbons (Fsp3) is 0.100. The van der Waals surface area contributed by atoms with Gasteiger partial charge in [-0.05, 0) is 36.8 Å². The molecule has 2 aromatic carbocycles. The summed E-state index contributed by atoms with van der Waals surface area (Å²) in [7, 11) is 0. The molecule has 1 aliphatic rings. The Morgan fingerprint density at radius 1 is 1.19 bits per heavy atom. The zero-order valence-electron chi connectivity index (χ0n) is 14.3. The molecule has 134 valence electrons. The number of nitrogens with two attached hydrogens (primary N) is 1. The van der Waals surface area contributed by atoms with Gasteiger partial charge < -0.3 is 10.5 Å². The highest BCUT2D eigenvalue weighted by Gasteiger charge is 2.37. The third-order valence-corrected chi connectivity index (χ3v) is 5.07. The van der Waals surface area contributed by atoms with Crippen molar-refractivity contribution in [1.29, 1.82) is 5.26 Å². The van der Waals surface area contributed by atoms with Gasteiger partial charge in [-0.25, -0.2) is 4.68 Å². The average molecular weight is 397 g/mol. The molecular formula is C20H14Cl2N4O. The van der Waals surface area contributed by atoms with Gasteiger partial charge in [0.05, 0.1) is 22.9 Å². The van der Waals surface area contributed by atoms with Crippen LogP contribution in [-0.4, -0.2) is 9.78 Å². The van der Waals surface area contributed by atoms with Crippen LogP contribution in [-0.2, 0) is 0 Å². The molecule has 2 heterocycles. The quantitative estimate of drug-likeness (QED) is 0.680. The van der Waals surface area contributed by atoms with Gasteiger partial charge in [0.1, 0.15) is 11.6 Å². The van der Waals surface area contributed by atoms with Crippen molar-refractivity contribution in [3.05, 3.63) is 86.9 Å². The lowest BCUT2D eigenvalue weighted by atomic mass is 9.84. The normalized spacial score (nSPS) is 15.9. The number of hydrogen-bond acceptors (Lipinski definition) is 4. The third-order valence-electron chi connectivity index (χ3n) is 4.51. The number of aromatic nitrogens is 2. The summed E-state index contributed by atoms with van der Waals surface area (Å²) in [6, 6.07) is 16.9. The summed E-state index contributed by atoms with van der Waals surface area (Å²) >= 11 is 12.5. The SMILES string of the molecule is Cc1nn(-c2ccccc2)c2c1[C@H](c1ccc(Cl)cc1Cl)C(C#N)=C(N)O2. The molecule has 5 nitrogen and oxygen atoms in total. The molecule has 0 bridgehead atoms. The Bertz CT molecular complexity index is 1110. The molecule has 0 amide bonds. The van der Waals surface area contributed by atoms with E-state index >= 15 is 0 Å². The first kappa shape index (κ1) is 17.5. The van der Waals surface area contributed by atoms with E-state index in [2.05, 4.69) is 11.2 Å². The zero-order chi connectivity index (χ0) is 19.1. The highest BCUT2D eigenvalue weighted by molar-refractivity contribution is 6.35. The standard InChI is InChI=1S/C20H14Cl2N4O/c1-11-17-18(14-8-7-12(21)9-16(14)22)15(10-23)19(24)27-20(17)26(25-11)13-5-3-2-4-6-13/h2-9,18H,24H2,1H3/t18-/m1/s1. The van der Waals surface area contributed by atoms with E-state index in [0.29, 0.717) is 21.5 Å². The maximum Gasteiger partial charge on any atom is 0.229 e. The number of ether oxygens (including phenoxy) is 1. The molecule has 2 N–H and O–H groups in total. The number of nitrogens with zero attached hydrogens (tertiary/aromatic N) is 3. The first-order chi connectivity index (χ1) is 13.0. The second kappa shape index (κ2) is 6.66. The summed E-state index contributed by atoms with van der Waals surface area (Å²) in [5, 5.41) is 15.3. The molecule has 3 aromatic rings. The Balaban J connectivity index is 1.98. The summed E-state index contributed by atoms with van der Waals surface area (Å²) < 4.78 is 7.51. The Morgan fingerprint density at radius 2 is 1.93 bits per heavy atom. The van der Waals surface area contributed by atoms with E-state index in [1.165, 1.54) is 0 Å². The van der Waals surface area contributed by atoms with Crippen molar-refractivity contribution < 1.29 is 4.74 Å². The zero-order valence-corrected chi connectivity index (χ0v) is 15.8. The van der Waals surface area contributed by atoms with E-state index in [1.807, 2.05) is 37.3 Å². The van der Waals surface area contributed by atoms with Crippen LogP contribution in [0.5, 0.6) is 5.88 Å². The molecule has 4 rings (SSSR count). The van der Waals surface area contributed by atoms with Crippen LogP contribution in [0.3, 0.4) is 0 Å². The largest absolute Gasteiger partial charge is 0.422 e. The van der Waals surface area contributed by atoms with Gasteiger partial charge in [0.2, 0.25) is 11.8 Å². The van der Waals surface area contributed by atoms with Crippen LogP contribution in [0.4, 0.5) is 0 Å². The van der Waals surface area contributed by atoms with E-state index in [1.54, 1.807) is 22.9 Å². The Labute approximate surface area is 166 Å². The maximum atomic E-state index is 9.71. The average Bonchev–Trinajstić information content (AvgIpc) is 2.98. The summed E-state index contributed by atoms with van der Waals surface area (Å²) in [5.41, 5.74) is 9.42. The van der Waals surface area contributed by atoms with Gasteiger partial charge in [-0.15, -0.1) is 0 Å². The van der Waals surface area contributed by atoms with Gasteiger partial charge in [0, 0.05) is 10.0 Å². The molecule has 7 heteroatoms. The molecule has 1 atom stereocenters. The summed E-state index contributed by atoms with van der Waals surface area (Å²) in [5.74, 6) is 0.0327. The van der Waals surface area contributed by atoms with Gasteiger partial charge in [0.25, 0.3) is 0 Å².